The third kappa shape index (κ3) is 36.7. The molecule has 0 saturated heterocycles. The Morgan fingerprint density at radius 2 is 1.05 bits per heavy atom. The summed E-state index contributed by atoms with van der Waals surface area (Å²) in [6, 6.07) is 4.00. The first kappa shape index (κ1) is 99.6. The maximum Gasteiger partial charge on any atom is 0.330 e. The molecule has 110 heavy (non-hydrogen) atoms. The Balaban J connectivity index is 0.000000611. The third-order valence-corrected chi connectivity index (χ3v) is 19.7. The maximum atomic E-state index is 10.8. The molecular weight excluding hydrogens is 1440 g/mol. The number of hydrogen-bond donors (Lipinski definition) is 0. The molecule has 0 radical (unpaired) electrons. The molecule has 10 rings (SSSR count). The smallest absolute Gasteiger partial charge is 0.330 e. The lowest BCUT2D eigenvalue weighted by Gasteiger charge is -2.30. The van der Waals surface area contributed by atoms with Crippen LogP contribution in [0.5, 0.6) is 0 Å². The zero-order valence-corrected chi connectivity index (χ0v) is 75.8. The summed E-state index contributed by atoms with van der Waals surface area (Å²) in [4.78, 5) is 34.7. The number of oxazole rings is 2. The Morgan fingerprint density at radius 1 is 0.482 bits per heavy atom. The van der Waals surface area contributed by atoms with Crippen molar-refractivity contribution in [2.75, 3.05) is 0 Å². The summed E-state index contributed by atoms with van der Waals surface area (Å²) < 4.78 is 34.0. The molecule has 0 spiro atoms. The highest BCUT2D eigenvalue weighted by Crippen LogP contribution is 2.34. The van der Waals surface area contributed by atoms with Crippen molar-refractivity contribution in [3.63, 3.8) is 0 Å². The molecule has 10 heterocycles. The van der Waals surface area contributed by atoms with Crippen LogP contribution in [0.25, 0.3) is 48.6 Å². The molecular formula is C91H133N9O6S4. The summed E-state index contributed by atoms with van der Waals surface area (Å²) in [5.41, 5.74) is 11.7. The first-order valence-electron chi connectivity index (χ1n) is 36.8. The van der Waals surface area contributed by atoms with Gasteiger partial charge in [-0.1, -0.05) is 289 Å². The van der Waals surface area contributed by atoms with Crippen molar-refractivity contribution in [3.05, 3.63) is 225 Å². The fraction of sp³-hybridized carbons (Fsp3) is 0.473. The van der Waals surface area contributed by atoms with E-state index in [1.165, 1.54) is 38.6 Å². The van der Waals surface area contributed by atoms with E-state index >= 15 is 0 Å². The molecule has 0 N–H and O–H groups in total. The number of thiazole rings is 2. The topological polar surface area (TPSA) is 194 Å². The zero-order chi connectivity index (χ0) is 84.8. The highest BCUT2D eigenvalue weighted by molar-refractivity contribution is 7.12. The van der Waals surface area contributed by atoms with E-state index < -0.39 is 0 Å². The number of nitrogens with zero attached hydrogens (tertiary/aromatic N) is 9. The molecule has 2 aliphatic heterocycles. The number of carbonyl (C=O) groups is 1. The normalized spacial score (nSPS) is 13.5. The number of cyclic esters (lactones) is 1. The number of ether oxygens (including phenoxy) is 1. The number of allylic oxidation sites excluding steroid dienone is 3. The van der Waals surface area contributed by atoms with Gasteiger partial charge in [0.1, 0.15) is 51.6 Å². The van der Waals surface area contributed by atoms with Gasteiger partial charge in [0, 0.05) is 95.7 Å². The second-order valence-electron chi connectivity index (χ2n) is 36.1. The minimum Gasteiger partial charge on any atom is -0.458 e. The van der Waals surface area contributed by atoms with E-state index in [-0.39, 0.29) is 66.2 Å². The zero-order valence-electron chi connectivity index (χ0n) is 72.5. The van der Waals surface area contributed by atoms with E-state index in [0.29, 0.717) is 11.8 Å². The molecule has 2 aliphatic rings. The van der Waals surface area contributed by atoms with Gasteiger partial charge < -0.3 is 22.6 Å². The van der Waals surface area contributed by atoms with Crippen LogP contribution in [-0.2, 0) is 52.9 Å². The largest absolute Gasteiger partial charge is 0.458 e. The van der Waals surface area contributed by atoms with E-state index in [9.17, 15) is 4.79 Å². The fourth-order valence-corrected chi connectivity index (χ4v) is 11.8. The summed E-state index contributed by atoms with van der Waals surface area (Å²) in [6.07, 6.45) is 30.0. The molecule has 1 atom stereocenters. The van der Waals surface area contributed by atoms with Crippen molar-refractivity contribution < 1.29 is 27.4 Å². The third-order valence-electron chi connectivity index (χ3n) is 15.6. The van der Waals surface area contributed by atoms with Crippen molar-refractivity contribution in [3.8, 4) is 0 Å². The van der Waals surface area contributed by atoms with Gasteiger partial charge in [0.25, 0.3) is 0 Å². The van der Waals surface area contributed by atoms with Crippen molar-refractivity contribution in [1.29, 1.82) is 0 Å². The van der Waals surface area contributed by atoms with E-state index in [1.54, 1.807) is 95.5 Å². The van der Waals surface area contributed by atoms with Gasteiger partial charge in [-0.15, -0.1) is 22.7 Å². The Hall–Kier alpha value is -8.36. The minimum absolute atomic E-state index is 0.0360. The lowest BCUT2D eigenvalue weighted by Crippen LogP contribution is -2.32. The Labute approximate surface area is 679 Å². The quantitative estimate of drug-likeness (QED) is 0.124. The Morgan fingerprint density at radius 3 is 1.35 bits per heavy atom. The second kappa shape index (κ2) is 43.5. The summed E-state index contributed by atoms with van der Waals surface area (Å²) in [6.45, 7) is 96.9. The molecule has 0 aromatic carbocycles. The molecule has 0 bridgehead atoms. The molecule has 8 aromatic heterocycles. The summed E-state index contributed by atoms with van der Waals surface area (Å²) in [5, 5.41) is 13.8. The van der Waals surface area contributed by atoms with Gasteiger partial charge in [0.2, 0.25) is 11.8 Å². The van der Waals surface area contributed by atoms with Crippen LogP contribution in [0.15, 0.2) is 160 Å². The molecule has 19 heteroatoms. The monoisotopic (exact) mass is 1580 g/mol. The van der Waals surface area contributed by atoms with Gasteiger partial charge >= 0.3 is 5.97 Å². The van der Waals surface area contributed by atoms with Gasteiger partial charge in [-0.2, -0.15) is 8.75 Å². The van der Waals surface area contributed by atoms with Gasteiger partial charge in [-0.25, -0.2) is 24.7 Å². The molecule has 602 valence electrons. The Kier molecular flexibility index (Phi) is 39.4. The Bertz CT molecular complexity index is 3780. The van der Waals surface area contributed by atoms with Gasteiger partial charge in [-0.3, -0.25) is 4.99 Å². The molecule has 0 amide bonds. The first-order valence-corrected chi connectivity index (χ1v) is 40.1. The van der Waals surface area contributed by atoms with E-state index in [4.69, 9.17) is 22.6 Å². The average Bonchev–Trinajstić information content (AvgIpc) is 1.69. The van der Waals surface area contributed by atoms with Gasteiger partial charge in [0.15, 0.2) is 0 Å². The van der Waals surface area contributed by atoms with Crippen molar-refractivity contribution in [2.45, 2.75) is 270 Å². The lowest BCUT2D eigenvalue weighted by atomic mass is 9.86. The second-order valence-corrected chi connectivity index (χ2v) is 39.5. The summed E-state index contributed by atoms with van der Waals surface area (Å²) in [7, 11) is 0. The van der Waals surface area contributed by atoms with E-state index in [0.717, 1.165) is 79.8 Å². The summed E-state index contributed by atoms with van der Waals surface area (Å²) >= 11 is 6.41. The molecule has 0 aliphatic carbocycles. The molecule has 15 nitrogen and oxygen atoms in total. The van der Waals surface area contributed by atoms with Crippen LogP contribution >= 0.6 is 45.7 Å². The van der Waals surface area contributed by atoms with Crippen LogP contribution in [0.4, 0.5) is 0 Å². The molecule has 0 saturated carbocycles. The first-order chi connectivity index (χ1) is 50.4. The van der Waals surface area contributed by atoms with Crippen molar-refractivity contribution >= 4 is 106 Å². The molecule has 0 fully saturated rings. The van der Waals surface area contributed by atoms with Crippen LogP contribution in [-0.4, -0.2) is 56.8 Å². The number of aliphatic imine (C=N–C) groups is 1. The highest BCUT2D eigenvalue weighted by atomic mass is 32.1. The molecule has 8 aromatic rings. The van der Waals surface area contributed by atoms with E-state index in [2.05, 4.69) is 334 Å². The summed E-state index contributed by atoms with van der Waals surface area (Å²) in [5.74, 6) is 2.76. The number of hydrogen-bond acceptors (Lipinski definition) is 19. The standard InChI is InChI=1S/C10H15N.4C9H13NO.4C9H13NS.C9H14O2/c1-5-8-6-7-9(11-8)10(2,3)4;1-5-8-10-7(6-11-8)9(2,3)4;1-5-8-10-6-7(11-8)9(2,3)4;1-5-8-7(6-11-10-8)9(2,3)4;1-5-7-6-8(11-10-7)9(2,3)4;1-5-8-10-7(6-11-8)9(2,3)4;1-5-8-10-6-7(11-8)9(2,3)4;1-5-8-7(6-11-10-8)9(2,3)4;1-5-7-6-8(11-10-7)9(2,3)4;1-9(2,3)7-5-4-6-8(10)11-7/h5,7H,1,6H2,2-4H3;8*5-6H,1H2,2-4H3;4,6-7H,5H2,1-3H3. The number of carbonyl (C=O) groups excluding carboxylic acids is 1. The minimum atomic E-state index is -0.212. The highest BCUT2D eigenvalue weighted by Gasteiger charge is 2.29. The van der Waals surface area contributed by atoms with Gasteiger partial charge in [0.05, 0.1) is 29.0 Å². The fourth-order valence-electron chi connectivity index (χ4n) is 8.39. The maximum absolute atomic E-state index is 10.8. The van der Waals surface area contributed by atoms with Crippen LogP contribution < -0.4 is 0 Å². The predicted molar refractivity (Wildman–Crippen MR) is 478 cm³/mol. The van der Waals surface area contributed by atoms with Crippen LogP contribution in [0.2, 0.25) is 0 Å². The lowest BCUT2D eigenvalue weighted by molar-refractivity contribution is -0.149. The molecule has 1 unspecified atom stereocenters. The number of aromatic nitrogens is 8. The number of rotatable bonds is 9. The van der Waals surface area contributed by atoms with Crippen molar-refractivity contribution in [2.24, 2.45) is 15.8 Å². The van der Waals surface area contributed by atoms with Crippen LogP contribution in [0.1, 0.15) is 309 Å². The van der Waals surface area contributed by atoms with Gasteiger partial charge in [-0.05, 0) is 116 Å². The van der Waals surface area contributed by atoms with Crippen molar-refractivity contribution in [1.82, 2.24) is 39.0 Å². The SMILES string of the molecule is C=CC1=NC(C(C)(C)C)=CC1.C=Cc1cc(C(C)(C)C)on1.C=Cc1cc(C(C)(C)C)sn1.C=Cc1nc(C(C)(C)C)co1.C=Cc1nc(C(C)(C)C)cs1.C=Cc1ncc(C(C)(C)C)o1.C=Cc1ncc(C(C)(C)C)s1.C=Cc1nocc1C(C)(C)C.C=Cc1nscc1C(C)(C)C.CC(C)(C)C1CC=CC(=O)O1. The van der Waals surface area contributed by atoms with E-state index in [1.807, 2.05) is 30.5 Å². The number of esters is 1. The van der Waals surface area contributed by atoms with Crippen LogP contribution in [0.3, 0.4) is 0 Å². The van der Waals surface area contributed by atoms with Crippen LogP contribution in [0, 0.1) is 10.8 Å². The average molecular weight is 1580 g/mol. The predicted octanol–water partition coefficient (Wildman–Crippen LogP) is 27.6.